The Labute approximate surface area is 133 Å². The molecule has 2 rings (SSSR count). The number of nitrogens with one attached hydrogen (secondary N) is 1. The lowest BCUT2D eigenvalue weighted by molar-refractivity contribution is -0.684. The Kier molecular flexibility index (Phi) is 6.72. The molecule has 7 heteroatoms. The van der Waals surface area contributed by atoms with E-state index in [1.165, 1.54) is 12.3 Å². The number of pyridine rings is 1. The normalized spacial score (nSPS) is 10.0. The predicted molar refractivity (Wildman–Crippen MR) is 75.8 cm³/mol. The minimum absolute atomic E-state index is 0. The van der Waals surface area contributed by atoms with Gasteiger partial charge in [-0.3, -0.25) is 4.79 Å². The van der Waals surface area contributed by atoms with Crippen molar-refractivity contribution in [2.45, 2.75) is 6.54 Å². The van der Waals surface area contributed by atoms with Gasteiger partial charge in [0.25, 0.3) is 0 Å². The second kappa shape index (κ2) is 8.53. The van der Waals surface area contributed by atoms with Gasteiger partial charge >= 0.3 is 11.9 Å². The van der Waals surface area contributed by atoms with Crippen molar-refractivity contribution < 1.29 is 31.7 Å². The number of carboxylic acids is 1. The lowest BCUT2D eigenvalue weighted by Gasteiger charge is -2.00. The van der Waals surface area contributed by atoms with Crippen molar-refractivity contribution in [2.75, 3.05) is 0 Å². The zero-order valence-electron chi connectivity index (χ0n) is 11.5. The van der Waals surface area contributed by atoms with Gasteiger partial charge < -0.3 is 17.5 Å². The van der Waals surface area contributed by atoms with Gasteiger partial charge in [-0.2, -0.15) is 9.67 Å². The van der Waals surface area contributed by atoms with Gasteiger partial charge in [0.15, 0.2) is 12.4 Å². The molecule has 1 heterocycles. The third kappa shape index (κ3) is 4.99. The van der Waals surface area contributed by atoms with Gasteiger partial charge in [-0.1, -0.05) is 24.3 Å². The molecule has 2 aromatic rings. The Morgan fingerprint density at radius 3 is 2.50 bits per heavy atom. The highest BCUT2D eigenvalue weighted by Crippen LogP contribution is 2.05. The Bertz CT molecular complexity index is 675. The van der Waals surface area contributed by atoms with Crippen LogP contribution in [0.4, 0.5) is 0 Å². The summed E-state index contributed by atoms with van der Waals surface area (Å²) in [4.78, 5) is 22.7. The quantitative estimate of drug-likeness (QED) is 0.374. The molecule has 0 bridgehead atoms. The van der Waals surface area contributed by atoms with E-state index in [1.807, 2.05) is 18.2 Å². The van der Waals surface area contributed by atoms with E-state index in [0.717, 1.165) is 0 Å². The Hall–Kier alpha value is -2.73. The van der Waals surface area contributed by atoms with Crippen molar-refractivity contribution >= 4 is 18.1 Å². The number of nitrogens with zero attached hydrogens (tertiary/aromatic N) is 2. The standard InChI is InChI=1S/C15H13N3O3.ClH/c19-14(11-18-8-4-1-5-9-18)17-16-10-12-6-2-3-7-13(12)15(20)21;/h1-10H,11H2,(H-,17,19,20,21);1H. The van der Waals surface area contributed by atoms with E-state index < -0.39 is 5.97 Å². The maximum Gasteiger partial charge on any atom is 0.336 e. The van der Waals surface area contributed by atoms with Crippen LogP contribution in [0.25, 0.3) is 0 Å². The number of aromatic nitrogens is 1. The number of carboxylic acid groups (broad SMARTS) is 1. The fourth-order valence-electron chi connectivity index (χ4n) is 1.72. The maximum atomic E-state index is 11.7. The van der Waals surface area contributed by atoms with Crippen molar-refractivity contribution in [1.29, 1.82) is 0 Å². The molecule has 6 nitrogen and oxygen atoms in total. The van der Waals surface area contributed by atoms with Crippen LogP contribution in [0.1, 0.15) is 15.9 Å². The highest BCUT2D eigenvalue weighted by Gasteiger charge is 2.08. The summed E-state index contributed by atoms with van der Waals surface area (Å²) in [6.45, 7) is 0.138. The number of benzene rings is 1. The SMILES string of the molecule is O=C(C[n+]1ccccc1)NN=Cc1ccccc1C(=O)O.[Cl-]. The molecule has 1 aromatic heterocycles. The highest BCUT2D eigenvalue weighted by molar-refractivity contribution is 5.98. The fourth-order valence-corrected chi connectivity index (χ4v) is 1.72. The second-order valence-electron chi connectivity index (χ2n) is 4.23. The zero-order valence-corrected chi connectivity index (χ0v) is 12.3. The molecule has 0 spiro atoms. The third-order valence-corrected chi connectivity index (χ3v) is 2.69. The zero-order chi connectivity index (χ0) is 15.1. The van der Waals surface area contributed by atoms with Crippen LogP contribution >= 0.6 is 0 Å². The molecule has 0 fully saturated rings. The lowest BCUT2D eigenvalue weighted by Crippen LogP contribution is -3.00. The molecule has 0 atom stereocenters. The Balaban J connectivity index is 0.00000242. The number of rotatable bonds is 5. The van der Waals surface area contributed by atoms with Crippen LogP contribution in [0.15, 0.2) is 60.0 Å². The van der Waals surface area contributed by atoms with Gasteiger partial charge in [-0.05, 0) is 6.07 Å². The van der Waals surface area contributed by atoms with E-state index in [1.54, 1.807) is 35.2 Å². The first-order valence-electron chi connectivity index (χ1n) is 6.25. The topological polar surface area (TPSA) is 82.6 Å². The second-order valence-corrected chi connectivity index (χ2v) is 4.23. The van der Waals surface area contributed by atoms with Gasteiger partial charge in [-0.15, -0.1) is 0 Å². The summed E-state index contributed by atoms with van der Waals surface area (Å²) < 4.78 is 1.70. The van der Waals surface area contributed by atoms with Crippen LogP contribution in [0, 0.1) is 0 Å². The van der Waals surface area contributed by atoms with E-state index in [0.29, 0.717) is 5.56 Å². The number of halogens is 1. The molecule has 0 aliphatic carbocycles. The molecule has 1 aromatic carbocycles. The summed E-state index contributed by atoms with van der Waals surface area (Å²) in [5, 5.41) is 12.8. The van der Waals surface area contributed by atoms with Crippen LogP contribution < -0.4 is 22.4 Å². The molecule has 0 radical (unpaired) electrons. The van der Waals surface area contributed by atoms with Crippen molar-refractivity contribution in [3.63, 3.8) is 0 Å². The minimum atomic E-state index is -1.04. The van der Waals surface area contributed by atoms with Crippen LogP contribution in [0.3, 0.4) is 0 Å². The van der Waals surface area contributed by atoms with Crippen LogP contribution in [-0.4, -0.2) is 23.2 Å². The number of hydrogen-bond acceptors (Lipinski definition) is 3. The summed E-state index contributed by atoms with van der Waals surface area (Å²) in [5.41, 5.74) is 2.92. The molecule has 0 unspecified atom stereocenters. The number of carbonyl (C=O) groups is 2. The van der Waals surface area contributed by atoms with Gasteiger partial charge in [0.2, 0.25) is 6.54 Å². The van der Waals surface area contributed by atoms with Gasteiger partial charge in [0.05, 0.1) is 11.8 Å². The van der Waals surface area contributed by atoms with Gasteiger partial charge in [-0.25, -0.2) is 10.2 Å². The minimum Gasteiger partial charge on any atom is -1.00 e. The smallest absolute Gasteiger partial charge is 0.336 e. The monoisotopic (exact) mass is 319 g/mol. The number of hydrogen-bond donors (Lipinski definition) is 2. The first kappa shape index (κ1) is 17.3. The molecule has 0 saturated heterocycles. The molecule has 114 valence electrons. The van der Waals surface area contributed by atoms with E-state index in [4.69, 9.17) is 5.11 Å². The number of carbonyl (C=O) groups excluding carboxylic acids is 1. The van der Waals surface area contributed by atoms with Crippen LogP contribution in [-0.2, 0) is 11.3 Å². The summed E-state index contributed by atoms with van der Waals surface area (Å²) >= 11 is 0. The number of hydrazone groups is 1. The lowest BCUT2D eigenvalue weighted by atomic mass is 10.1. The molecule has 22 heavy (non-hydrogen) atoms. The van der Waals surface area contributed by atoms with Crippen molar-refractivity contribution in [3.8, 4) is 0 Å². The molecule has 0 saturated carbocycles. The van der Waals surface area contributed by atoms with Crippen LogP contribution in [0.2, 0.25) is 0 Å². The molecule has 0 aliphatic heterocycles. The highest BCUT2D eigenvalue weighted by atomic mass is 35.5. The first-order chi connectivity index (χ1) is 10.2. The van der Waals surface area contributed by atoms with Crippen molar-refractivity contribution in [2.24, 2.45) is 5.10 Å². The van der Waals surface area contributed by atoms with Crippen LogP contribution in [0.5, 0.6) is 0 Å². The van der Waals surface area contributed by atoms with Gasteiger partial charge in [0.1, 0.15) is 0 Å². The molecule has 1 amide bonds. The average Bonchev–Trinajstić information content (AvgIpc) is 2.48. The molecular formula is C15H14ClN3O3. The average molecular weight is 320 g/mol. The Morgan fingerprint density at radius 1 is 1.14 bits per heavy atom. The summed E-state index contributed by atoms with van der Waals surface area (Å²) in [5.74, 6) is -1.33. The summed E-state index contributed by atoms with van der Waals surface area (Å²) in [6, 6.07) is 11.9. The number of amides is 1. The molecular weight excluding hydrogens is 306 g/mol. The van der Waals surface area contributed by atoms with Crippen molar-refractivity contribution in [3.05, 3.63) is 66.0 Å². The van der Waals surface area contributed by atoms with Gasteiger partial charge in [0, 0.05) is 17.7 Å². The molecule has 2 N–H and O–H groups in total. The van der Waals surface area contributed by atoms with E-state index in [9.17, 15) is 9.59 Å². The Morgan fingerprint density at radius 2 is 1.82 bits per heavy atom. The predicted octanol–water partition coefficient (Wildman–Crippen LogP) is -2.17. The van der Waals surface area contributed by atoms with E-state index in [-0.39, 0.29) is 30.4 Å². The first-order valence-corrected chi connectivity index (χ1v) is 6.25. The summed E-state index contributed by atoms with van der Waals surface area (Å²) in [6.07, 6.45) is 4.85. The largest absolute Gasteiger partial charge is 1.00 e. The van der Waals surface area contributed by atoms with E-state index >= 15 is 0 Å². The summed E-state index contributed by atoms with van der Waals surface area (Å²) in [7, 11) is 0. The molecule has 0 aliphatic rings. The van der Waals surface area contributed by atoms with E-state index in [2.05, 4.69) is 10.5 Å². The van der Waals surface area contributed by atoms with Crippen molar-refractivity contribution in [1.82, 2.24) is 5.43 Å². The number of aromatic carboxylic acids is 1. The maximum absolute atomic E-state index is 11.7. The third-order valence-electron chi connectivity index (χ3n) is 2.69. The fraction of sp³-hybridized carbons (Fsp3) is 0.0667.